The average molecular weight is 790 g/mol. The molecule has 57 heavy (non-hydrogen) atoms. The summed E-state index contributed by atoms with van der Waals surface area (Å²) in [5, 5.41) is 22.8. The number of sulfonamides is 1. The van der Waals surface area contributed by atoms with E-state index < -0.39 is 28.3 Å². The van der Waals surface area contributed by atoms with Crippen molar-refractivity contribution in [1.29, 1.82) is 0 Å². The van der Waals surface area contributed by atoms with Crippen LogP contribution in [0.5, 0.6) is 0 Å². The molecule has 0 radical (unpaired) electrons. The number of ether oxygens (including phenoxy) is 2. The van der Waals surface area contributed by atoms with Crippen molar-refractivity contribution in [3.05, 3.63) is 161 Å². The summed E-state index contributed by atoms with van der Waals surface area (Å²) in [6, 6.07) is 38.7. The molecule has 6 atom stereocenters. The molecule has 5 aromatic rings. The number of rotatable bonds is 14. The minimum absolute atomic E-state index is 0.0271. The Morgan fingerprint density at radius 2 is 1.53 bits per heavy atom. The van der Waals surface area contributed by atoms with E-state index in [4.69, 9.17) is 9.47 Å². The number of β-amino-alcohol motifs (C(OH)–C–C–N with tert-alkyl or cyclic N) is 1. The van der Waals surface area contributed by atoms with Gasteiger partial charge in [0, 0.05) is 37.7 Å². The van der Waals surface area contributed by atoms with Crippen molar-refractivity contribution in [1.82, 2.24) is 14.9 Å². The van der Waals surface area contributed by atoms with Crippen molar-refractivity contribution >= 4 is 15.9 Å². The molecule has 0 aromatic heterocycles. The molecule has 298 valence electrons. The summed E-state index contributed by atoms with van der Waals surface area (Å²) >= 11 is 0. The Balaban J connectivity index is 1.08. The zero-order valence-corrected chi connectivity index (χ0v) is 33.1. The number of aryl methyl sites for hydroxylation is 1. The third-order valence-corrected chi connectivity index (χ3v) is 12.4. The smallest absolute Gasteiger partial charge is 0.241 e. The Labute approximate surface area is 335 Å². The number of hydrogen-bond acceptors (Lipinski definition) is 8. The SMILES string of the molecule is Cc1ccc(S(=O)(=O)NC(Cc2ccccc2)C(=O)NCc2cccc(-c3cccc(C4OC(CN5CCC(O)C5)C(C)C(c5ccc(CO)cc5)O4)c3)c2)cc1. The van der Waals surface area contributed by atoms with Crippen LogP contribution < -0.4 is 10.0 Å². The first kappa shape index (κ1) is 40.5. The quantitative estimate of drug-likeness (QED) is 0.104. The van der Waals surface area contributed by atoms with E-state index in [1.54, 1.807) is 12.1 Å². The molecule has 6 unspecified atom stereocenters. The van der Waals surface area contributed by atoms with E-state index in [1.165, 1.54) is 12.1 Å². The van der Waals surface area contributed by atoms with Gasteiger partial charge in [-0.25, -0.2) is 8.42 Å². The van der Waals surface area contributed by atoms with Gasteiger partial charge in [0.25, 0.3) is 0 Å². The lowest BCUT2D eigenvalue weighted by molar-refractivity contribution is -0.276. The Hall–Kier alpha value is -4.72. The number of nitrogens with one attached hydrogen (secondary N) is 2. The maximum atomic E-state index is 13.7. The number of benzene rings is 5. The highest BCUT2D eigenvalue weighted by molar-refractivity contribution is 7.89. The Morgan fingerprint density at radius 1 is 0.825 bits per heavy atom. The molecule has 2 fully saturated rings. The van der Waals surface area contributed by atoms with Gasteiger partial charge in [0.2, 0.25) is 15.9 Å². The molecule has 0 bridgehead atoms. The van der Waals surface area contributed by atoms with Crippen LogP contribution in [0.15, 0.2) is 132 Å². The van der Waals surface area contributed by atoms with Crippen molar-refractivity contribution in [2.24, 2.45) is 5.92 Å². The van der Waals surface area contributed by atoms with E-state index in [2.05, 4.69) is 27.9 Å². The van der Waals surface area contributed by atoms with Gasteiger partial charge < -0.3 is 25.0 Å². The predicted molar refractivity (Wildman–Crippen MR) is 219 cm³/mol. The molecule has 11 heteroatoms. The molecule has 4 N–H and O–H groups in total. The number of carbonyl (C=O) groups is 1. The van der Waals surface area contributed by atoms with Crippen molar-refractivity contribution in [3.63, 3.8) is 0 Å². The predicted octanol–water partition coefficient (Wildman–Crippen LogP) is 6.22. The number of carbonyl (C=O) groups excluding carboxylic acids is 1. The molecule has 2 aliphatic rings. The molecular weight excluding hydrogens is 739 g/mol. The summed E-state index contributed by atoms with van der Waals surface area (Å²) < 4.78 is 42.8. The molecule has 0 saturated carbocycles. The highest BCUT2D eigenvalue weighted by atomic mass is 32.2. The van der Waals surface area contributed by atoms with Crippen LogP contribution in [0.4, 0.5) is 0 Å². The number of hydrogen-bond donors (Lipinski definition) is 4. The van der Waals surface area contributed by atoms with Crippen LogP contribution in [-0.2, 0) is 43.9 Å². The maximum Gasteiger partial charge on any atom is 0.241 e. The topological polar surface area (TPSA) is 137 Å². The fourth-order valence-corrected chi connectivity index (χ4v) is 8.80. The number of aliphatic hydroxyl groups is 2. The van der Waals surface area contributed by atoms with E-state index in [0.29, 0.717) is 13.1 Å². The van der Waals surface area contributed by atoms with Gasteiger partial charge in [-0.05, 0) is 77.4 Å². The Morgan fingerprint density at radius 3 is 2.23 bits per heavy atom. The second-order valence-electron chi connectivity index (χ2n) is 15.2. The van der Waals surface area contributed by atoms with Gasteiger partial charge in [-0.3, -0.25) is 9.69 Å². The molecule has 0 spiro atoms. The largest absolute Gasteiger partial charge is 0.392 e. The summed E-state index contributed by atoms with van der Waals surface area (Å²) in [4.78, 5) is 16.1. The number of amides is 1. The van der Waals surface area contributed by atoms with E-state index in [-0.39, 0.29) is 48.7 Å². The standard InChI is InChI=1S/C46H51N3O7S/c1-31-14-20-41(21-15-31)57(53,54)48-42(25-33-8-4-3-5-9-33)45(52)47-27-35-10-6-11-37(24-35)38-12-7-13-39(26-38)46-55-43(29-49-23-22-40(51)28-49)32(2)44(56-46)36-18-16-34(30-50)17-19-36/h3-21,24,26,32,40,42-44,46,48,50-51H,22-23,25,27-30H2,1-2H3,(H,47,52). The highest BCUT2D eigenvalue weighted by Gasteiger charge is 2.40. The Bertz CT molecular complexity index is 2220. The van der Waals surface area contributed by atoms with E-state index >= 15 is 0 Å². The fraction of sp³-hybridized carbons (Fsp3) is 0.326. The van der Waals surface area contributed by atoms with Crippen LogP contribution in [0.2, 0.25) is 0 Å². The zero-order valence-electron chi connectivity index (χ0n) is 32.3. The zero-order chi connectivity index (χ0) is 39.9. The van der Waals surface area contributed by atoms with Gasteiger partial charge in [0.05, 0.1) is 29.8 Å². The first-order valence-corrected chi connectivity index (χ1v) is 21.0. The third-order valence-electron chi connectivity index (χ3n) is 10.9. The second kappa shape index (κ2) is 18.3. The van der Waals surface area contributed by atoms with E-state index in [9.17, 15) is 23.4 Å². The summed E-state index contributed by atoms with van der Waals surface area (Å²) in [6.07, 6.45) is -0.445. The monoisotopic (exact) mass is 789 g/mol. The molecule has 7 rings (SSSR count). The summed E-state index contributed by atoms with van der Waals surface area (Å²) in [6.45, 7) is 6.31. The Kier molecular flexibility index (Phi) is 13.0. The lowest BCUT2D eigenvalue weighted by Crippen LogP contribution is -2.47. The molecule has 0 aliphatic carbocycles. The summed E-state index contributed by atoms with van der Waals surface area (Å²) in [5.41, 5.74) is 7.22. The van der Waals surface area contributed by atoms with Gasteiger partial charge in [-0.2, -0.15) is 4.72 Å². The van der Waals surface area contributed by atoms with E-state index in [1.807, 2.05) is 104 Å². The van der Waals surface area contributed by atoms with Crippen molar-refractivity contribution in [3.8, 4) is 11.1 Å². The molecule has 5 aromatic carbocycles. The van der Waals surface area contributed by atoms with Crippen LogP contribution in [-0.4, -0.2) is 67.3 Å². The van der Waals surface area contributed by atoms with Gasteiger partial charge in [0.1, 0.15) is 6.04 Å². The van der Waals surface area contributed by atoms with Gasteiger partial charge >= 0.3 is 0 Å². The molecule has 2 heterocycles. The van der Waals surface area contributed by atoms with Crippen LogP contribution in [0.1, 0.15) is 59.1 Å². The first-order valence-electron chi connectivity index (χ1n) is 19.6. The molecule has 2 saturated heterocycles. The fourth-order valence-electron chi connectivity index (χ4n) is 7.61. The molecule has 10 nitrogen and oxygen atoms in total. The van der Waals surface area contributed by atoms with Gasteiger partial charge in [-0.1, -0.05) is 116 Å². The third kappa shape index (κ3) is 10.2. The molecule has 2 aliphatic heterocycles. The van der Waals surface area contributed by atoms with Crippen LogP contribution in [0.3, 0.4) is 0 Å². The summed E-state index contributed by atoms with van der Waals surface area (Å²) in [5.74, 6) is -0.402. The van der Waals surface area contributed by atoms with Crippen molar-refractivity contribution in [2.45, 2.75) is 75.4 Å². The average Bonchev–Trinajstić information content (AvgIpc) is 3.65. The van der Waals surface area contributed by atoms with Gasteiger partial charge in [-0.15, -0.1) is 0 Å². The molecular formula is C46H51N3O7S. The van der Waals surface area contributed by atoms with Gasteiger partial charge in [0.15, 0.2) is 6.29 Å². The minimum atomic E-state index is -3.97. The number of aliphatic hydroxyl groups excluding tert-OH is 2. The van der Waals surface area contributed by atoms with Crippen molar-refractivity contribution < 1.29 is 32.9 Å². The van der Waals surface area contributed by atoms with E-state index in [0.717, 1.165) is 57.5 Å². The maximum absolute atomic E-state index is 13.7. The lowest BCUT2D eigenvalue weighted by atomic mass is 9.90. The lowest BCUT2D eigenvalue weighted by Gasteiger charge is -2.42. The molecule has 1 amide bonds. The minimum Gasteiger partial charge on any atom is -0.392 e. The van der Waals surface area contributed by atoms with Crippen LogP contribution in [0, 0.1) is 12.8 Å². The first-order chi connectivity index (χ1) is 27.5. The second-order valence-corrected chi connectivity index (χ2v) is 17.0. The van der Waals surface area contributed by atoms with Crippen LogP contribution in [0.25, 0.3) is 11.1 Å². The van der Waals surface area contributed by atoms with Crippen LogP contribution >= 0.6 is 0 Å². The van der Waals surface area contributed by atoms with Crippen molar-refractivity contribution in [2.75, 3.05) is 19.6 Å². The summed E-state index contributed by atoms with van der Waals surface area (Å²) in [7, 11) is -3.97. The highest BCUT2D eigenvalue weighted by Crippen LogP contribution is 2.42. The number of likely N-dealkylation sites (tertiary alicyclic amines) is 1. The normalized spacial score (nSPS) is 21.9. The number of nitrogens with zero attached hydrogens (tertiary/aromatic N) is 1.